The van der Waals surface area contributed by atoms with Gasteiger partial charge in [0.25, 0.3) is 5.91 Å². The summed E-state index contributed by atoms with van der Waals surface area (Å²) in [6.07, 6.45) is 2.53. The van der Waals surface area contributed by atoms with E-state index in [2.05, 4.69) is 39.4 Å². The van der Waals surface area contributed by atoms with Crippen LogP contribution >= 0.6 is 11.3 Å². The maximum absolute atomic E-state index is 13.9. The van der Waals surface area contributed by atoms with E-state index in [4.69, 9.17) is 9.72 Å². The smallest absolute Gasteiger partial charge is 0.251 e. The van der Waals surface area contributed by atoms with Gasteiger partial charge in [-0.2, -0.15) is 0 Å². The zero-order chi connectivity index (χ0) is 29.4. The van der Waals surface area contributed by atoms with Crippen molar-refractivity contribution in [1.29, 1.82) is 0 Å². The molecule has 1 aliphatic carbocycles. The first-order valence-electron chi connectivity index (χ1n) is 15.1. The summed E-state index contributed by atoms with van der Waals surface area (Å²) in [5.74, 6) is 6.06. The molecule has 1 saturated carbocycles. The van der Waals surface area contributed by atoms with Gasteiger partial charge in [0, 0.05) is 55.1 Å². The number of nitrogens with zero attached hydrogens (tertiary/aromatic N) is 4. The lowest BCUT2D eigenvalue weighted by atomic mass is 9.96. The summed E-state index contributed by atoms with van der Waals surface area (Å²) in [6, 6.07) is 5.98. The van der Waals surface area contributed by atoms with Crippen LogP contribution in [0.1, 0.15) is 43.5 Å². The van der Waals surface area contributed by atoms with Gasteiger partial charge in [-0.05, 0) is 37.9 Å². The van der Waals surface area contributed by atoms with Crippen LogP contribution in [0, 0.1) is 29.6 Å². The topological polar surface area (TPSA) is 95.1 Å². The molecule has 42 heavy (non-hydrogen) atoms. The van der Waals surface area contributed by atoms with Gasteiger partial charge in [0.2, 0.25) is 5.91 Å². The number of anilines is 1. The molecule has 5 atom stereocenters. The first kappa shape index (κ1) is 28.8. The zero-order valence-electron chi connectivity index (χ0n) is 24.5. The SMILES string of the molecule is CCC(C)C(NC(=O)c1ccc(-c2csc(N3CCN(C)CC3)n2)cc1)C(=O)N1CC(C#CC2CC2)C2OCC(=O)C21. The van der Waals surface area contributed by atoms with E-state index < -0.39 is 18.2 Å². The predicted octanol–water partition coefficient (Wildman–Crippen LogP) is 2.91. The highest BCUT2D eigenvalue weighted by Crippen LogP contribution is 2.34. The van der Waals surface area contributed by atoms with E-state index in [1.807, 2.05) is 26.0 Å². The second-order valence-electron chi connectivity index (χ2n) is 12.1. The Morgan fingerprint density at radius 3 is 2.57 bits per heavy atom. The lowest BCUT2D eigenvalue weighted by Gasteiger charge is -2.32. The minimum Gasteiger partial charge on any atom is -0.366 e. The third-order valence-electron chi connectivity index (χ3n) is 8.99. The van der Waals surface area contributed by atoms with Crippen LogP contribution in [-0.4, -0.2) is 96.9 Å². The van der Waals surface area contributed by atoms with Gasteiger partial charge in [0.05, 0.1) is 11.6 Å². The third-order valence-corrected chi connectivity index (χ3v) is 9.89. The standard InChI is InChI=1S/C32H39N5O4S/c1-4-20(2)27(31(40)37-17-24(8-7-21-5-6-21)29-28(37)26(38)18-41-29)34-30(39)23-11-9-22(10-12-23)25-19-42-32(33-25)36-15-13-35(3)14-16-36/h9-12,19-21,24,27-29H,4-6,13-18H2,1-3H3,(H,34,39). The number of hydrogen-bond acceptors (Lipinski definition) is 8. The van der Waals surface area contributed by atoms with Crippen molar-refractivity contribution in [3.63, 3.8) is 0 Å². The van der Waals surface area contributed by atoms with Crippen LogP contribution < -0.4 is 10.2 Å². The van der Waals surface area contributed by atoms with Crippen molar-refractivity contribution < 1.29 is 19.1 Å². The second-order valence-corrected chi connectivity index (χ2v) is 12.9. The number of nitrogens with one attached hydrogen (secondary N) is 1. The van der Waals surface area contributed by atoms with Crippen LogP contribution in [0.3, 0.4) is 0 Å². The maximum atomic E-state index is 13.9. The number of rotatable bonds is 7. The number of thiazole rings is 1. The third kappa shape index (κ3) is 5.96. The van der Waals surface area contributed by atoms with Crippen molar-refractivity contribution in [1.82, 2.24) is 20.1 Å². The lowest BCUT2D eigenvalue weighted by Crippen LogP contribution is -2.54. The Bertz CT molecular complexity index is 1390. The minimum atomic E-state index is -0.754. The fourth-order valence-corrected chi connectivity index (χ4v) is 6.77. The molecule has 3 aliphatic heterocycles. The van der Waals surface area contributed by atoms with Crippen molar-refractivity contribution in [3.8, 4) is 23.1 Å². The number of likely N-dealkylation sites (N-methyl/N-ethyl adjacent to an activating group) is 1. The zero-order valence-corrected chi connectivity index (χ0v) is 25.4. The van der Waals surface area contributed by atoms with Crippen LogP contribution in [0.5, 0.6) is 0 Å². The Balaban J connectivity index is 1.14. The first-order valence-corrected chi connectivity index (χ1v) is 16.0. The van der Waals surface area contributed by atoms with E-state index in [9.17, 15) is 14.4 Å². The Labute approximate surface area is 251 Å². The molecule has 222 valence electrons. The van der Waals surface area contributed by atoms with Crippen LogP contribution in [0.25, 0.3) is 11.3 Å². The van der Waals surface area contributed by atoms with Crippen LogP contribution in [0.15, 0.2) is 29.6 Å². The molecule has 6 rings (SSSR count). The van der Waals surface area contributed by atoms with Gasteiger partial charge in [-0.25, -0.2) is 4.98 Å². The first-order chi connectivity index (χ1) is 20.3. The van der Waals surface area contributed by atoms with E-state index >= 15 is 0 Å². The van der Waals surface area contributed by atoms with E-state index in [1.54, 1.807) is 28.4 Å². The molecule has 1 aromatic heterocycles. The molecule has 2 aromatic rings. The average molecular weight is 590 g/mol. The molecule has 0 bridgehead atoms. The molecular weight excluding hydrogens is 550 g/mol. The van der Waals surface area contributed by atoms with Crippen molar-refractivity contribution >= 4 is 34.1 Å². The normalized spacial score (nSPS) is 25.5. The second kappa shape index (κ2) is 12.2. The summed E-state index contributed by atoms with van der Waals surface area (Å²) >= 11 is 1.64. The Hall–Kier alpha value is -3.26. The predicted molar refractivity (Wildman–Crippen MR) is 162 cm³/mol. The van der Waals surface area contributed by atoms with Crippen molar-refractivity contribution in [2.45, 2.75) is 51.3 Å². The number of piperazine rings is 1. The highest BCUT2D eigenvalue weighted by molar-refractivity contribution is 7.14. The van der Waals surface area contributed by atoms with Gasteiger partial charge in [-0.15, -0.1) is 11.3 Å². The molecule has 4 aliphatic rings. The number of amides is 2. The van der Waals surface area contributed by atoms with Crippen molar-refractivity contribution in [3.05, 3.63) is 35.2 Å². The molecule has 1 N–H and O–H groups in total. The molecule has 4 fully saturated rings. The van der Waals surface area contributed by atoms with E-state index in [-0.39, 0.29) is 36.0 Å². The lowest BCUT2D eigenvalue weighted by molar-refractivity contribution is -0.139. The number of ketones is 1. The Kier molecular flexibility index (Phi) is 8.35. The highest BCUT2D eigenvalue weighted by Gasteiger charge is 2.53. The van der Waals surface area contributed by atoms with Crippen LogP contribution in [0.4, 0.5) is 5.13 Å². The minimum absolute atomic E-state index is 0.00326. The fraction of sp³-hybridized carbons (Fsp3) is 0.562. The highest BCUT2D eigenvalue weighted by atomic mass is 32.1. The number of carbonyl (C=O) groups excluding carboxylic acids is 3. The van der Waals surface area contributed by atoms with Gasteiger partial charge < -0.3 is 24.8 Å². The fourth-order valence-electron chi connectivity index (χ4n) is 5.88. The number of fused-ring (bicyclic) bond motifs is 1. The largest absolute Gasteiger partial charge is 0.366 e. The van der Waals surface area contributed by atoms with Crippen LogP contribution in [-0.2, 0) is 14.3 Å². The van der Waals surface area contributed by atoms with Gasteiger partial charge >= 0.3 is 0 Å². The molecule has 5 unspecified atom stereocenters. The number of Topliss-reactive ketones (excluding diaryl/α,β-unsaturated/α-hetero) is 1. The quantitative estimate of drug-likeness (QED) is 0.497. The molecule has 2 amide bonds. The van der Waals surface area contributed by atoms with Crippen molar-refractivity contribution in [2.24, 2.45) is 17.8 Å². The summed E-state index contributed by atoms with van der Waals surface area (Å²) in [5, 5.41) is 6.07. The van der Waals surface area contributed by atoms with Gasteiger partial charge in [0.1, 0.15) is 24.8 Å². The summed E-state index contributed by atoms with van der Waals surface area (Å²) in [4.78, 5) is 51.2. The average Bonchev–Trinajstić information content (AvgIpc) is 3.38. The molecule has 10 heteroatoms. The van der Waals surface area contributed by atoms with E-state index in [1.165, 1.54) is 0 Å². The van der Waals surface area contributed by atoms with E-state index in [0.717, 1.165) is 55.4 Å². The summed E-state index contributed by atoms with van der Waals surface area (Å²) < 4.78 is 5.80. The number of aromatic nitrogens is 1. The number of benzene rings is 1. The van der Waals surface area contributed by atoms with Gasteiger partial charge in [-0.1, -0.05) is 44.2 Å². The molecular formula is C32H39N5O4S. The van der Waals surface area contributed by atoms with Crippen molar-refractivity contribution in [2.75, 3.05) is 51.3 Å². The number of carbonyl (C=O) groups is 3. The number of ether oxygens (including phenoxy) is 1. The summed E-state index contributed by atoms with van der Waals surface area (Å²) in [7, 11) is 2.14. The van der Waals surface area contributed by atoms with Gasteiger partial charge in [-0.3, -0.25) is 14.4 Å². The van der Waals surface area contributed by atoms with E-state index in [0.29, 0.717) is 24.4 Å². The molecule has 3 saturated heterocycles. The molecule has 4 heterocycles. The maximum Gasteiger partial charge on any atom is 0.251 e. The summed E-state index contributed by atoms with van der Waals surface area (Å²) in [6.45, 7) is 8.28. The molecule has 9 nitrogen and oxygen atoms in total. The molecule has 0 radical (unpaired) electrons. The molecule has 0 spiro atoms. The number of hydrogen-bond donors (Lipinski definition) is 1. The number of likely N-dealkylation sites (tertiary alicyclic amines) is 1. The molecule has 1 aromatic carbocycles. The Morgan fingerprint density at radius 1 is 1.14 bits per heavy atom. The van der Waals surface area contributed by atoms with Crippen LogP contribution in [0.2, 0.25) is 0 Å². The summed E-state index contributed by atoms with van der Waals surface area (Å²) in [5.41, 5.74) is 2.31. The Morgan fingerprint density at radius 2 is 1.88 bits per heavy atom. The monoisotopic (exact) mass is 589 g/mol. The van der Waals surface area contributed by atoms with Gasteiger partial charge in [0.15, 0.2) is 10.9 Å².